The van der Waals surface area contributed by atoms with Crippen LogP contribution in [0.25, 0.3) is 22.3 Å². The quantitative estimate of drug-likeness (QED) is 0.435. The molecule has 4 nitrogen and oxygen atoms in total. The molecule has 31 heavy (non-hydrogen) atoms. The van der Waals surface area contributed by atoms with Gasteiger partial charge in [0.2, 0.25) is 0 Å². The fraction of sp³-hybridized carbons (Fsp3) is 0.100. The Morgan fingerprint density at radius 2 is 0.903 bits per heavy atom. The van der Waals surface area contributed by atoms with Gasteiger partial charge < -0.3 is 10.2 Å². The molecular formula is C20H10F6O4S. The van der Waals surface area contributed by atoms with Gasteiger partial charge in [0.1, 0.15) is 9.75 Å². The average Bonchev–Trinajstić information content (AvgIpc) is 3.08. The van der Waals surface area contributed by atoms with Crippen LogP contribution in [0, 0.1) is 0 Å². The second kappa shape index (κ2) is 7.73. The second-order valence-electron chi connectivity index (χ2n) is 6.27. The molecule has 0 aliphatic carbocycles. The van der Waals surface area contributed by atoms with Crippen LogP contribution in [-0.4, -0.2) is 22.2 Å². The minimum atomic E-state index is -4.65. The zero-order chi connectivity index (χ0) is 23.1. The lowest BCUT2D eigenvalue weighted by atomic mass is 9.93. The van der Waals surface area contributed by atoms with Crippen molar-refractivity contribution in [3.05, 3.63) is 69.4 Å². The molecule has 1 aromatic heterocycles. The van der Waals surface area contributed by atoms with Gasteiger partial charge in [-0.25, -0.2) is 9.59 Å². The van der Waals surface area contributed by atoms with Gasteiger partial charge in [-0.05, 0) is 35.4 Å². The van der Waals surface area contributed by atoms with Crippen LogP contribution in [0.5, 0.6) is 0 Å². The first-order valence-corrected chi connectivity index (χ1v) is 9.11. The number of carbonyl (C=O) groups is 2. The van der Waals surface area contributed by atoms with Crippen LogP contribution in [0.15, 0.2) is 48.5 Å². The van der Waals surface area contributed by atoms with Crippen molar-refractivity contribution in [1.29, 1.82) is 0 Å². The number of thiophene rings is 1. The number of hydrogen-bond donors (Lipinski definition) is 2. The van der Waals surface area contributed by atoms with Gasteiger partial charge in [-0.1, -0.05) is 24.3 Å². The van der Waals surface area contributed by atoms with Gasteiger partial charge in [0.05, 0.1) is 11.1 Å². The van der Waals surface area contributed by atoms with E-state index in [9.17, 15) is 46.1 Å². The third-order valence-electron chi connectivity index (χ3n) is 4.30. The zero-order valence-electron chi connectivity index (χ0n) is 15.0. The van der Waals surface area contributed by atoms with Crippen molar-refractivity contribution in [2.45, 2.75) is 12.4 Å². The van der Waals surface area contributed by atoms with Gasteiger partial charge in [-0.2, -0.15) is 26.3 Å². The van der Waals surface area contributed by atoms with E-state index in [1.54, 1.807) is 0 Å². The Hall–Kier alpha value is -3.34. The van der Waals surface area contributed by atoms with Gasteiger partial charge in [0.15, 0.2) is 0 Å². The number of alkyl halides is 6. The number of aromatic carboxylic acids is 2. The van der Waals surface area contributed by atoms with Crippen LogP contribution in [0.3, 0.4) is 0 Å². The number of carboxylic acids is 2. The molecule has 0 fully saturated rings. The normalized spacial score (nSPS) is 12.1. The maximum absolute atomic E-state index is 12.9. The van der Waals surface area contributed by atoms with Crippen molar-refractivity contribution in [2.24, 2.45) is 0 Å². The molecule has 0 spiro atoms. The highest BCUT2D eigenvalue weighted by Gasteiger charge is 2.33. The number of carboxylic acid groups (broad SMARTS) is 2. The maximum Gasteiger partial charge on any atom is 0.416 e. The Labute approximate surface area is 174 Å². The molecule has 1 heterocycles. The van der Waals surface area contributed by atoms with Crippen molar-refractivity contribution in [3.63, 3.8) is 0 Å². The lowest BCUT2D eigenvalue weighted by Crippen LogP contribution is -2.05. The Morgan fingerprint density at radius 1 is 0.613 bits per heavy atom. The van der Waals surface area contributed by atoms with Gasteiger partial charge >= 0.3 is 24.3 Å². The molecule has 0 bridgehead atoms. The molecule has 2 aromatic carbocycles. The van der Waals surface area contributed by atoms with Crippen molar-refractivity contribution in [1.82, 2.24) is 0 Å². The summed E-state index contributed by atoms with van der Waals surface area (Å²) in [5, 5.41) is 19.0. The molecule has 2 N–H and O–H groups in total. The van der Waals surface area contributed by atoms with E-state index in [1.165, 1.54) is 0 Å². The van der Waals surface area contributed by atoms with E-state index in [2.05, 4.69) is 0 Å². The molecule has 0 aliphatic rings. The third-order valence-corrected chi connectivity index (χ3v) is 5.46. The third kappa shape index (κ3) is 4.41. The van der Waals surface area contributed by atoms with E-state index in [4.69, 9.17) is 0 Å². The highest BCUT2D eigenvalue weighted by atomic mass is 32.1. The number of hydrogen-bond acceptors (Lipinski definition) is 3. The summed E-state index contributed by atoms with van der Waals surface area (Å²) in [4.78, 5) is 22.5. The van der Waals surface area contributed by atoms with Crippen LogP contribution in [-0.2, 0) is 12.4 Å². The molecule has 0 radical (unpaired) electrons. The summed E-state index contributed by atoms with van der Waals surface area (Å²) in [6.07, 6.45) is -9.30. The van der Waals surface area contributed by atoms with Crippen molar-refractivity contribution >= 4 is 23.3 Å². The topological polar surface area (TPSA) is 74.6 Å². The predicted molar refractivity (Wildman–Crippen MR) is 99.1 cm³/mol. The van der Waals surface area contributed by atoms with E-state index < -0.39 is 45.2 Å². The Bertz CT molecular complexity index is 1050. The average molecular weight is 460 g/mol. The summed E-state index contributed by atoms with van der Waals surface area (Å²) < 4.78 is 77.1. The molecule has 11 heteroatoms. The fourth-order valence-electron chi connectivity index (χ4n) is 2.93. The summed E-state index contributed by atoms with van der Waals surface area (Å²) in [5.74, 6) is -3.05. The lowest BCUT2D eigenvalue weighted by molar-refractivity contribution is -0.138. The molecule has 3 aromatic rings. The van der Waals surface area contributed by atoms with Crippen LogP contribution >= 0.6 is 11.3 Å². The molecule has 162 valence electrons. The van der Waals surface area contributed by atoms with E-state index in [1.807, 2.05) is 0 Å². The zero-order valence-corrected chi connectivity index (χ0v) is 15.8. The molecule has 0 saturated heterocycles. The SMILES string of the molecule is O=C(O)c1sc(C(=O)O)c(-c2ccc(C(F)(F)F)cc2)c1-c1ccc(C(F)(F)F)cc1. The van der Waals surface area contributed by atoms with E-state index in [0.29, 0.717) is 35.6 Å². The monoisotopic (exact) mass is 460 g/mol. The lowest BCUT2D eigenvalue weighted by Gasteiger charge is -2.12. The summed E-state index contributed by atoms with van der Waals surface area (Å²) in [5.41, 5.74) is -2.43. The minimum absolute atomic E-state index is 0.0240. The smallest absolute Gasteiger partial charge is 0.416 e. The Balaban J connectivity index is 2.27. The first-order valence-electron chi connectivity index (χ1n) is 8.29. The summed E-state index contributed by atoms with van der Waals surface area (Å²) >= 11 is 0.368. The van der Waals surface area contributed by atoms with Crippen molar-refractivity contribution < 1.29 is 46.1 Å². The molecule has 0 aliphatic heterocycles. The van der Waals surface area contributed by atoms with E-state index >= 15 is 0 Å². The van der Waals surface area contributed by atoms with Gasteiger partial charge in [-0.15, -0.1) is 11.3 Å². The predicted octanol–water partition coefficient (Wildman–Crippen LogP) is 6.52. The molecule has 0 saturated carbocycles. The fourth-order valence-corrected chi connectivity index (χ4v) is 3.96. The van der Waals surface area contributed by atoms with Crippen LogP contribution < -0.4 is 0 Å². The Kier molecular flexibility index (Phi) is 5.57. The number of halogens is 6. The first kappa shape index (κ1) is 22.3. The standard InChI is InChI=1S/C20H10F6O4S/c21-19(22,23)11-5-1-9(2-6-11)13-14(16(18(29)30)31-15(13)17(27)28)10-3-7-12(8-4-10)20(24,25)26/h1-8H,(H,27,28)(H,29,30). The second-order valence-corrected chi connectivity index (χ2v) is 7.29. The van der Waals surface area contributed by atoms with Gasteiger partial charge in [-0.3, -0.25) is 0 Å². The van der Waals surface area contributed by atoms with Crippen molar-refractivity contribution in [3.8, 4) is 22.3 Å². The molecular weight excluding hydrogens is 450 g/mol. The first-order chi connectivity index (χ1) is 14.3. The summed E-state index contributed by atoms with van der Waals surface area (Å²) in [6, 6.07) is 6.75. The number of rotatable bonds is 4. The summed E-state index contributed by atoms with van der Waals surface area (Å²) in [6.45, 7) is 0. The van der Waals surface area contributed by atoms with Crippen LogP contribution in [0.1, 0.15) is 30.5 Å². The molecule has 0 amide bonds. The molecule has 0 atom stereocenters. The summed E-state index contributed by atoms with van der Waals surface area (Å²) in [7, 11) is 0. The van der Waals surface area contributed by atoms with Gasteiger partial charge in [0.25, 0.3) is 0 Å². The molecule has 3 rings (SSSR count). The van der Waals surface area contributed by atoms with Crippen LogP contribution in [0.4, 0.5) is 26.3 Å². The number of benzene rings is 2. The highest BCUT2D eigenvalue weighted by molar-refractivity contribution is 7.17. The minimum Gasteiger partial charge on any atom is -0.477 e. The largest absolute Gasteiger partial charge is 0.477 e. The van der Waals surface area contributed by atoms with Gasteiger partial charge in [0, 0.05) is 11.1 Å². The molecule has 0 unspecified atom stereocenters. The van der Waals surface area contributed by atoms with E-state index in [0.717, 1.165) is 24.3 Å². The highest BCUT2D eigenvalue weighted by Crippen LogP contribution is 2.44. The van der Waals surface area contributed by atoms with Crippen LogP contribution in [0.2, 0.25) is 0 Å². The maximum atomic E-state index is 12.9. The Morgan fingerprint density at radius 3 is 1.13 bits per heavy atom. The van der Waals surface area contributed by atoms with Crippen molar-refractivity contribution in [2.75, 3.05) is 0 Å². The van der Waals surface area contributed by atoms with E-state index in [-0.39, 0.29) is 22.3 Å².